The number of nitrogens with one attached hydrogen (secondary N) is 1. The maximum Gasteiger partial charge on any atom is 0.339 e. The second-order valence-electron chi connectivity index (χ2n) is 2.85. The van der Waals surface area contributed by atoms with E-state index < -0.39 is 17.6 Å². The average molecular weight is 325 g/mol. The summed E-state index contributed by atoms with van der Waals surface area (Å²) in [5.41, 5.74) is -0.446. The molecule has 9 heteroatoms. The van der Waals surface area contributed by atoms with Crippen LogP contribution in [-0.4, -0.2) is 34.4 Å². The molecule has 0 aliphatic rings. The average Bonchev–Trinajstić information content (AvgIpc) is 2.59. The minimum absolute atomic E-state index is 0.00134. The van der Waals surface area contributed by atoms with Crippen LogP contribution in [0.1, 0.15) is 6.42 Å². The van der Waals surface area contributed by atoms with Gasteiger partial charge < -0.3 is 15.2 Å². The zero-order valence-corrected chi connectivity index (χ0v) is 10.9. The van der Waals surface area contributed by atoms with Gasteiger partial charge in [-0.1, -0.05) is 11.5 Å². The van der Waals surface area contributed by atoms with Crippen LogP contribution in [0, 0.1) is 0 Å². The highest BCUT2D eigenvalue weighted by atomic mass is 79.9. The number of amides is 1. The molecule has 1 rings (SSSR count). The van der Waals surface area contributed by atoms with Crippen LogP contribution < -0.4 is 10.9 Å². The number of carboxylic acids is 1. The lowest BCUT2D eigenvalue weighted by Gasteiger charge is -2.04. The molecule has 17 heavy (non-hydrogen) atoms. The van der Waals surface area contributed by atoms with E-state index in [1.807, 2.05) is 0 Å². The van der Waals surface area contributed by atoms with Crippen LogP contribution >= 0.6 is 27.5 Å². The Morgan fingerprint density at radius 3 is 2.82 bits per heavy atom. The summed E-state index contributed by atoms with van der Waals surface area (Å²) in [5, 5.41) is 12.1. The summed E-state index contributed by atoms with van der Waals surface area (Å²) in [7, 11) is 0. The van der Waals surface area contributed by atoms with Gasteiger partial charge in [0.15, 0.2) is 0 Å². The first kappa shape index (κ1) is 13.9. The largest absolute Gasteiger partial charge is 0.481 e. The second kappa shape index (κ2) is 6.52. The van der Waals surface area contributed by atoms with Crippen molar-refractivity contribution >= 4 is 39.5 Å². The van der Waals surface area contributed by atoms with Crippen LogP contribution in [0.25, 0.3) is 0 Å². The van der Waals surface area contributed by atoms with Crippen molar-refractivity contribution in [2.75, 3.05) is 13.3 Å². The molecule has 0 radical (unpaired) electrons. The summed E-state index contributed by atoms with van der Waals surface area (Å²) in [5.74, 6) is -0.977. The Bertz CT molecular complexity index is 469. The van der Waals surface area contributed by atoms with Crippen molar-refractivity contribution in [3.63, 3.8) is 0 Å². The first-order valence-electron chi connectivity index (χ1n) is 4.46. The van der Waals surface area contributed by atoms with Gasteiger partial charge in [-0.2, -0.15) is 3.96 Å². The summed E-state index contributed by atoms with van der Waals surface area (Å²) < 4.78 is 6.08. The van der Waals surface area contributed by atoms with Crippen LogP contribution in [0.5, 0.6) is 0 Å². The lowest BCUT2D eigenvalue weighted by atomic mass is 10.5. The van der Waals surface area contributed by atoms with Crippen LogP contribution in [0.4, 0.5) is 4.79 Å². The molecule has 0 aliphatic heterocycles. The predicted octanol–water partition coefficient (Wildman–Crippen LogP) is 0.679. The molecule has 94 valence electrons. The maximum absolute atomic E-state index is 11.4. The third-order valence-corrected chi connectivity index (χ3v) is 3.38. The van der Waals surface area contributed by atoms with Gasteiger partial charge in [-0.3, -0.25) is 9.59 Å². The molecule has 0 bridgehead atoms. The maximum atomic E-state index is 11.4. The number of aromatic nitrogens is 1. The number of hydrogen-bond acceptors (Lipinski definition) is 5. The van der Waals surface area contributed by atoms with Crippen LogP contribution in [0.2, 0.25) is 0 Å². The van der Waals surface area contributed by atoms with Crippen molar-refractivity contribution in [2.45, 2.75) is 6.42 Å². The summed E-state index contributed by atoms with van der Waals surface area (Å²) in [6, 6.07) is -0.610. The van der Waals surface area contributed by atoms with E-state index in [9.17, 15) is 14.4 Å². The molecule has 0 atom stereocenters. The molecule has 0 fully saturated rings. The molecule has 0 unspecified atom stereocenters. The number of carbonyl (C=O) groups excluding carboxylic acids is 1. The fourth-order valence-electron chi connectivity index (χ4n) is 0.851. The molecule has 0 saturated heterocycles. The number of carboxylic acid groups (broad SMARTS) is 1. The Morgan fingerprint density at radius 1 is 1.59 bits per heavy atom. The molecule has 1 heterocycles. The van der Waals surface area contributed by atoms with Gasteiger partial charge in [0.1, 0.15) is 6.73 Å². The fourth-order valence-corrected chi connectivity index (χ4v) is 2.05. The summed E-state index contributed by atoms with van der Waals surface area (Å²) in [6.07, 6.45) is -0.139. The van der Waals surface area contributed by atoms with Crippen molar-refractivity contribution < 1.29 is 19.4 Å². The molecular formula is C8H9BrN2O5S. The van der Waals surface area contributed by atoms with E-state index in [1.54, 1.807) is 0 Å². The van der Waals surface area contributed by atoms with E-state index in [2.05, 4.69) is 21.2 Å². The zero-order chi connectivity index (χ0) is 12.8. The predicted molar refractivity (Wildman–Crippen MR) is 63.3 cm³/mol. The van der Waals surface area contributed by atoms with E-state index in [0.717, 1.165) is 15.5 Å². The minimum atomic E-state index is -0.977. The third kappa shape index (κ3) is 4.29. The monoisotopic (exact) mass is 324 g/mol. The van der Waals surface area contributed by atoms with E-state index in [0.29, 0.717) is 4.47 Å². The molecule has 0 aliphatic carbocycles. The molecule has 0 saturated carbocycles. The first-order chi connectivity index (χ1) is 8.02. The van der Waals surface area contributed by atoms with Gasteiger partial charge in [-0.25, -0.2) is 4.79 Å². The van der Waals surface area contributed by atoms with Crippen molar-refractivity contribution in [2.24, 2.45) is 0 Å². The van der Waals surface area contributed by atoms with Crippen molar-refractivity contribution in [3.8, 4) is 0 Å². The topological polar surface area (TPSA) is 97.6 Å². The summed E-state index contributed by atoms with van der Waals surface area (Å²) in [6.45, 7) is -0.146. The van der Waals surface area contributed by atoms with E-state index in [4.69, 9.17) is 9.84 Å². The lowest BCUT2D eigenvalue weighted by molar-refractivity contribution is -0.138. The summed E-state index contributed by atoms with van der Waals surface area (Å²) in [4.78, 5) is 32.9. The molecule has 1 aromatic heterocycles. The van der Waals surface area contributed by atoms with Gasteiger partial charge in [0.05, 0.1) is 17.5 Å². The lowest BCUT2D eigenvalue weighted by Crippen LogP contribution is -2.34. The minimum Gasteiger partial charge on any atom is -0.481 e. The Morgan fingerprint density at radius 2 is 2.29 bits per heavy atom. The number of hydrogen-bond donors (Lipinski definition) is 2. The molecule has 7 nitrogen and oxygen atoms in total. The van der Waals surface area contributed by atoms with Crippen LogP contribution in [0.3, 0.4) is 0 Å². The van der Waals surface area contributed by atoms with Gasteiger partial charge >= 0.3 is 12.0 Å². The van der Waals surface area contributed by atoms with Crippen LogP contribution in [-0.2, 0) is 9.53 Å². The van der Waals surface area contributed by atoms with Gasteiger partial charge in [0.25, 0.3) is 5.56 Å². The van der Waals surface area contributed by atoms with Gasteiger partial charge in [0.2, 0.25) is 0 Å². The molecule has 2 N–H and O–H groups in total. The fraction of sp³-hybridized carbons (Fsp3) is 0.375. The number of rotatable bonds is 5. The summed E-state index contributed by atoms with van der Waals surface area (Å²) >= 11 is 3.94. The number of nitrogens with zero attached hydrogens (tertiary/aromatic N) is 1. The number of halogens is 1. The molecular weight excluding hydrogens is 316 g/mol. The Hall–Kier alpha value is -1.19. The second-order valence-corrected chi connectivity index (χ2v) is 4.51. The molecule has 0 aromatic carbocycles. The highest BCUT2D eigenvalue weighted by Crippen LogP contribution is 2.06. The number of ether oxygens (including phenoxy) is 1. The Labute approximate surface area is 108 Å². The first-order valence-corrected chi connectivity index (χ1v) is 6.09. The highest BCUT2D eigenvalue weighted by molar-refractivity contribution is 9.10. The van der Waals surface area contributed by atoms with Crippen LogP contribution in [0.15, 0.2) is 14.6 Å². The quantitative estimate of drug-likeness (QED) is 0.613. The van der Waals surface area contributed by atoms with E-state index in [1.165, 1.54) is 5.38 Å². The number of aliphatic carboxylic acids is 1. The number of carbonyl (C=O) groups is 2. The Kier molecular flexibility index (Phi) is 5.32. The highest BCUT2D eigenvalue weighted by Gasteiger charge is 2.10. The molecule has 1 aromatic rings. The Balaban J connectivity index is 2.33. The van der Waals surface area contributed by atoms with Crippen molar-refractivity contribution in [1.29, 1.82) is 0 Å². The molecule has 0 spiro atoms. The van der Waals surface area contributed by atoms with Crippen molar-refractivity contribution in [3.05, 3.63) is 20.2 Å². The van der Waals surface area contributed by atoms with Crippen molar-refractivity contribution in [1.82, 2.24) is 9.27 Å². The zero-order valence-electron chi connectivity index (χ0n) is 8.51. The van der Waals surface area contributed by atoms with E-state index >= 15 is 0 Å². The van der Waals surface area contributed by atoms with Gasteiger partial charge in [-0.05, 0) is 15.9 Å². The van der Waals surface area contributed by atoms with Gasteiger partial charge in [0, 0.05) is 5.38 Å². The third-order valence-electron chi connectivity index (χ3n) is 1.62. The van der Waals surface area contributed by atoms with E-state index in [-0.39, 0.29) is 19.8 Å². The standard InChI is InChI=1S/C8H9BrN2O5S/c9-5-3-17-11(7(5)14)8(15)10-4-16-2-1-6(12)13/h3H,1-2,4H2,(H,10,15)(H,12,13). The van der Waals surface area contributed by atoms with Gasteiger partial charge in [-0.15, -0.1) is 0 Å². The molecule has 1 amide bonds. The smallest absolute Gasteiger partial charge is 0.339 e. The SMILES string of the molecule is O=C(O)CCOCNC(=O)n1scc(Br)c1=O. The normalized spacial score (nSPS) is 10.2.